The summed E-state index contributed by atoms with van der Waals surface area (Å²) < 4.78 is 5.46. The van der Waals surface area contributed by atoms with Crippen LogP contribution < -0.4 is 4.74 Å². The first kappa shape index (κ1) is 11.2. The van der Waals surface area contributed by atoms with Gasteiger partial charge in [0.05, 0.1) is 6.61 Å². The lowest BCUT2D eigenvalue weighted by Gasteiger charge is -2.12. The van der Waals surface area contributed by atoms with Gasteiger partial charge < -0.3 is 9.84 Å². The molecule has 0 aliphatic carbocycles. The molecule has 2 aromatic rings. The molecular formula is C15H15NO2. The van der Waals surface area contributed by atoms with Gasteiger partial charge in [0.25, 0.3) is 0 Å². The number of aliphatic hydroxyl groups is 1. The van der Waals surface area contributed by atoms with Gasteiger partial charge in [-0.05, 0) is 36.2 Å². The molecule has 3 heteroatoms. The molecular weight excluding hydrogens is 226 g/mol. The van der Waals surface area contributed by atoms with E-state index in [1.54, 1.807) is 6.20 Å². The summed E-state index contributed by atoms with van der Waals surface area (Å²) in [4.78, 5) is 4.21. The fraction of sp³-hybridized carbons (Fsp3) is 0.267. The number of fused-ring (bicyclic) bond motifs is 1. The minimum atomic E-state index is -0.621. The molecule has 1 aromatic carbocycles. The van der Waals surface area contributed by atoms with Gasteiger partial charge in [-0.1, -0.05) is 12.1 Å². The highest BCUT2D eigenvalue weighted by atomic mass is 16.5. The van der Waals surface area contributed by atoms with Gasteiger partial charge in [0.15, 0.2) is 0 Å². The highest BCUT2D eigenvalue weighted by Crippen LogP contribution is 2.30. The zero-order valence-electron chi connectivity index (χ0n) is 10.3. The van der Waals surface area contributed by atoms with Crippen molar-refractivity contribution in [3.05, 3.63) is 58.9 Å². The first-order valence-corrected chi connectivity index (χ1v) is 6.10. The molecule has 1 atom stereocenters. The summed E-state index contributed by atoms with van der Waals surface area (Å²) in [6, 6.07) is 9.69. The zero-order chi connectivity index (χ0) is 12.5. The van der Waals surface area contributed by atoms with Gasteiger partial charge in [-0.2, -0.15) is 0 Å². The van der Waals surface area contributed by atoms with Gasteiger partial charge in [-0.25, -0.2) is 0 Å². The molecule has 1 unspecified atom stereocenters. The van der Waals surface area contributed by atoms with Crippen LogP contribution in [0.3, 0.4) is 0 Å². The van der Waals surface area contributed by atoms with Crippen molar-refractivity contribution in [2.24, 2.45) is 0 Å². The lowest BCUT2D eigenvalue weighted by atomic mass is 10.00. The van der Waals surface area contributed by atoms with E-state index in [1.807, 2.05) is 37.3 Å². The molecule has 2 heterocycles. The molecule has 18 heavy (non-hydrogen) atoms. The van der Waals surface area contributed by atoms with Crippen molar-refractivity contribution in [3.8, 4) is 5.75 Å². The molecule has 1 N–H and O–H groups in total. The summed E-state index contributed by atoms with van der Waals surface area (Å²) in [6.45, 7) is 2.67. The first-order valence-electron chi connectivity index (χ1n) is 6.10. The van der Waals surface area contributed by atoms with E-state index in [0.717, 1.165) is 35.6 Å². The average molecular weight is 241 g/mol. The standard InChI is InChI=1S/C15H15NO2/c1-10-2-3-13(9-16-10)15(17)12-4-5-14-11(8-12)6-7-18-14/h2-5,8-9,15,17H,6-7H2,1H3. The van der Waals surface area contributed by atoms with Crippen molar-refractivity contribution in [1.29, 1.82) is 0 Å². The predicted molar refractivity (Wildman–Crippen MR) is 68.7 cm³/mol. The van der Waals surface area contributed by atoms with E-state index in [2.05, 4.69) is 4.98 Å². The second-order valence-electron chi connectivity index (χ2n) is 4.60. The Bertz CT molecular complexity index is 563. The van der Waals surface area contributed by atoms with E-state index in [1.165, 1.54) is 5.56 Å². The quantitative estimate of drug-likeness (QED) is 0.878. The molecule has 0 saturated carbocycles. The lowest BCUT2D eigenvalue weighted by molar-refractivity contribution is 0.219. The fourth-order valence-corrected chi connectivity index (χ4v) is 2.21. The maximum absolute atomic E-state index is 10.3. The molecule has 0 radical (unpaired) electrons. The van der Waals surface area contributed by atoms with Crippen molar-refractivity contribution < 1.29 is 9.84 Å². The molecule has 0 bridgehead atoms. The third-order valence-corrected chi connectivity index (χ3v) is 3.28. The van der Waals surface area contributed by atoms with E-state index in [4.69, 9.17) is 4.74 Å². The molecule has 1 aliphatic heterocycles. The highest BCUT2D eigenvalue weighted by molar-refractivity contribution is 5.42. The van der Waals surface area contributed by atoms with Crippen LogP contribution in [0.15, 0.2) is 36.5 Å². The van der Waals surface area contributed by atoms with Gasteiger partial charge in [0, 0.05) is 23.9 Å². The number of ether oxygens (including phenoxy) is 1. The van der Waals surface area contributed by atoms with Crippen LogP contribution in [-0.2, 0) is 6.42 Å². The Labute approximate surface area is 106 Å². The average Bonchev–Trinajstić information content (AvgIpc) is 2.86. The Morgan fingerprint density at radius 3 is 2.83 bits per heavy atom. The van der Waals surface area contributed by atoms with Crippen molar-refractivity contribution in [1.82, 2.24) is 4.98 Å². The summed E-state index contributed by atoms with van der Waals surface area (Å²) in [5, 5.41) is 10.3. The molecule has 3 nitrogen and oxygen atoms in total. The highest BCUT2D eigenvalue weighted by Gasteiger charge is 2.16. The van der Waals surface area contributed by atoms with Crippen LogP contribution in [0, 0.1) is 6.92 Å². The third kappa shape index (κ3) is 1.97. The van der Waals surface area contributed by atoms with Gasteiger partial charge in [0.2, 0.25) is 0 Å². The van der Waals surface area contributed by atoms with Crippen LogP contribution in [0.1, 0.15) is 28.5 Å². The molecule has 0 amide bonds. The van der Waals surface area contributed by atoms with Crippen LogP contribution in [0.5, 0.6) is 5.75 Å². The second kappa shape index (κ2) is 4.42. The molecule has 0 spiro atoms. The van der Waals surface area contributed by atoms with Gasteiger partial charge in [0.1, 0.15) is 11.9 Å². The SMILES string of the molecule is Cc1ccc(C(O)c2ccc3c(c2)CCO3)cn1. The third-order valence-electron chi connectivity index (χ3n) is 3.28. The largest absolute Gasteiger partial charge is 0.493 e. The normalized spacial score (nSPS) is 15.0. The number of benzene rings is 1. The Kier molecular flexibility index (Phi) is 2.76. The van der Waals surface area contributed by atoms with Crippen molar-refractivity contribution >= 4 is 0 Å². The Hall–Kier alpha value is -1.87. The number of rotatable bonds is 2. The Balaban J connectivity index is 1.92. The summed E-state index contributed by atoms with van der Waals surface area (Å²) in [7, 11) is 0. The number of pyridine rings is 1. The van der Waals surface area contributed by atoms with Crippen molar-refractivity contribution in [3.63, 3.8) is 0 Å². The van der Waals surface area contributed by atoms with E-state index < -0.39 is 6.10 Å². The number of hydrogen-bond donors (Lipinski definition) is 1. The summed E-state index contributed by atoms with van der Waals surface area (Å²) >= 11 is 0. The molecule has 1 aliphatic rings. The van der Waals surface area contributed by atoms with Crippen molar-refractivity contribution in [2.45, 2.75) is 19.4 Å². The minimum absolute atomic E-state index is 0.621. The molecule has 0 fully saturated rings. The molecule has 3 rings (SSSR count). The second-order valence-corrected chi connectivity index (χ2v) is 4.60. The minimum Gasteiger partial charge on any atom is -0.493 e. The molecule has 0 saturated heterocycles. The number of hydrogen-bond acceptors (Lipinski definition) is 3. The monoisotopic (exact) mass is 241 g/mol. The first-order chi connectivity index (χ1) is 8.74. The molecule has 1 aromatic heterocycles. The van der Waals surface area contributed by atoms with Gasteiger partial charge in [-0.3, -0.25) is 4.98 Å². The topological polar surface area (TPSA) is 42.4 Å². The predicted octanol–water partition coefficient (Wildman–Crippen LogP) is 2.41. The Morgan fingerprint density at radius 2 is 2.06 bits per heavy atom. The number of aromatic nitrogens is 1. The number of aryl methyl sites for hydroxylation is 1. The fourth-order valence-electron chi connectivity index (χ4n) is 2.21. The van der Waals surface area contributed by atoms with Crippen LogP contribution >= 0.6 is 0 Å². The van der Waals surface area contributed by atoms with Crippen molar-refractivity contribution in [2.75, 3.05) is 6.61 Å². The lowest BCUT2D eigenvalue weighted by Crippen LogP contribution is -2.01. The van der Waals surface area contributed by atoms with E-state index in [0.29, 0.717) is 0 Å². The number of aliphatic hydroxyl groups excluding tert-OH is 1. The Morgan fingerprint density at radius 1 is 1.22 bits per heavy atom. The number of nitrogens with zero attached hydrogens (tertiary/aromatic N) is 1. The maximum atomic E-state index is 10.3. The van der Waals surface area contributed by atoms with Crippen LogP contribution in [-0.4, -0.2) is 16.7 Å². The summed E-state index contributed by atoms with van der Waals surface area (Å²) in [5.74, 6) is 0.938. The van der Waals surface area contributed by atoms with Gasteiger partial charge in [-0.15, -0.1) is 0 Å². The van der Waals surface area contributed by atoms with E-state index in [-0.39, 0.29) is 0 Å². The molecule has 92 valence electrons. The van der Waals surface area contributed by atoms with E-state index >= 15 is 0 Å². The van der Waals surface area contributed by atoms with E-state index in [9.17, 15) is 5.11 Å². The van der Waals surface area contributed by atoms with Crippen LogP contribution in [0.2, 0.25) is 0 Å². The maximum Gasteiger partial charge on any atom is 0.122 e. The summed E-state index contributed by atoms with van der Waals surface area (Å²) in [6.07, 6.45) is 2.02. The van der Waals surface area contributed by atoms with Gasteiger partial charge >= 0.3 is 0 Å². The smallest absolute Gasteiger partial charge is 0.122 e. The van der Waals surface area contributed by atoms with Crippen LogP contribution in [0.4, 0.5) is 0 Å². The van der Waals surface area contributed by atoms with Crippen LogP contribution in [0.25, 0.3) is 0 Å². The summed E-state index contributed by atoms with van der Waals surface area (Å²) in [5.41, 5.74) is 3.84. The zero-order valence-corrected chi connectivity index (χ0v) is 10.3.